The minimum Gasteiger partial charge on any atom is -0.481 e. The van der Waals surface area contributed by atoms with Crippen LogP contribution in [0.15, 0.2) is 18.3 Å². The lowest BCUT2D eigenvalue weighted by atomic mass is 9.80. The van der Waals surface area contributed by atoms with Crippen molar-refractivity contribution in [1.82, 2.24) is 25.4 Å². The highest BCUT2D eigenvalue weighted by Gasteiger charge is 2.31. The normalized spacial score (nSPS) is 18.4. The van der Waals surface area contributed by atoms with E-state index >= 15 is 0 Å². The van der Waals surface area contributed by atoms with Crippen LogP contribution in [0.5, 0.6) is 5.88 Å². The standard InChI is InChI=1S/C22H28FN5O3/c1-13(14-4-3-5-14)25-21(29)15-6-8-28(9-7-15)22(30)19-11-18(26-27-19)16-10-20(31-2)24-12-17(16)23/h10-15H,3-9H2,1-2H3,(H,25,29)(H,26,27). The van der Waals surface area contributed by atoms with E-state index in [-0.39, 0.29) is 40.9 Å². The van der Waals surface area contributed by atoms with E-state index in [4.69, 9.17) is 4.74 Å². The zero-order chi connectivity index (χ0) is 22.0. The van der Waals surface area contributed by atoms with Gasteiger partial charge in [0.1, 0.15) is 0 Å². The maximum Gasteiger partial charge on any atom is 0.274 e. The summed E-state index contributed by atoms with van der Waals surface area (Å²) < 4.78 is 19.2. The molecule has 2 aromatic rings. The molecule has 1 atom stereocenters. The number of nitrogens with one attached hydrogen (secondary N) is 2. The third-order valence-electron chi connectivity index (χ3n) is 6.51. The molecule has 1 aliphatic heterocycles. The number of rotatable bonds is 6. The van der Waals surface area contributed by atoms with E-state index in [1.54, 1.807) is 4.90 Å². The van der Waals surface area contributed by atoms with Gasteiger partial charge in [-0.25, -0.2) is 9.37 Å². The average Bonchev–Trinajstić information content (AvgIpc) is 3.22. The van der Waals surface area contributed by atoms with Crippen molar-refractivity contribution < 1.29 is 18.7 Å². The molecule has 0 radical (unpaired) electrons. The van der Waals surface area contributed by atoms with Gasteiger partial charge in [-0.05, 0) is 44.6 Å². The molecule has 2 fully saturated rings. The molecule has 9 heteroatoms. The molecule has 0 spiro atoms. The van der Waals surface area contributed by atoms with Crippen LogP contribution in [-0.2, 0) is 4.79 Å². The van der Waals surface area contributed by atoms with Crippen molar-refractivity contribution >= 4 is 11.8 Å². The molecule has 2 aliphatic rings. The van der Waals surface area contributed by atoms with Gasteiger partial charge in [0.25, 0.3) is 5.91 Å². The van der Waals surface area contributed by atoms with Crippen molar-refractivity contribution in [2.75, 3.05) is 20.2 Å². The number of likely N-dealkylation sites (tertiary alicyclic amines) is 1. The van der Waals surface area contributed by atoms with Gasteiger partial charge < -0.3 is 15.0 Å². The third kappa shape index (κ3) is 4.55. The van der Waals surface area contributed by atoms with Crippen LogP contribution in [0.1, 0.15) is 49.5 Å². The van der Waals surface area contributed by atoms with E-state index in [0.29, 0.717) is 37.5 Å². The van der Waals surface area contributed by atoms with Gasteiger partial charge in [-0.2, -0.15) is 5.10 Å². The lowest BCUT2D eigenvalue weighted by Crippen LogP contribution is -2.47. The summed E-state index contributed by atoms with van der Waals surface area (Å²) in [4.78, 5) is 30.9. The Morgan fingerprint density at radius 1 is 1.26 bits per heavy atom. The molecule has 2 N–H and O–H groups in total. The summed E-state index contributed by atoms with van der Waals surface area (Å²) in [5, 5.41) is 9.94. The molecule has 8 nitrogen and oxygen atoms in total. The molecule has 1 saturated heterocycles. The first kappa shape index (κ1) is 21.3. The van der Waals surface area contributed by atoms with E-state index in [0.717, 1.165) is 6.20 Å². The highest BCUT2D eigenvalue weighted by Crippen LogP contribution is 2.30. The second kappa shape index (κ2) is 9.03. The van der Waals surface area contributed by atoms with Gasteiger partial charge in [-0.15, -0.1) is 0 Å². The molecule has 0 bridgehead atoms. The predicted molar refractivity (Wildman–Crippen MR) is 112 cm³/mol. The lowest BCUT2D eigenvalue weighted by Gasteiger charge is -2.35. The number of halogens is 1. The smallest absolute Gasteiger partial charge is 0.274 e. The minimum atomic E-state index is -0.536. The molecule has 166 valence electrons. The van der Waals surface area contributed by atoms with Crippen LogP contribution in [0.2, 0.25) is 0 Å². The highest BCUT2D eigenvalue weighted by molar-refractivity contribution is 5.93. The first-order valence-corrected chi connectivity index (χ1v) is 10.8. The SMILES string of the molecule is COc1cc(-c2cc(C(=O)N3CCC(C(=O)NC(C)C4CCC4)CC3)n[nH]2)c(F)cn1. The molecular formula is C22H28FN5O3. The van der Waals surface area contributed by atoms with E-state index < -0.39 is 5.82 Å². The fourth-order valence-electron chi connectivity index (χ4n) is 4.21. The number of carbonyl (C=O) groups excluding carboxylic acids is 2. The average molecular weight is 429 g/mol. The maximum atomic E-state index is 14.1. The Morgan fingerprint density at radius 2 is 2.00 bits per heavy atom. The summed E-state index contributed by atoms with van der Waals surface area (Å²) in [7, 11) is 1.45. The third-order valence-corrected chi connectivity index (χ3v) is 6.51. The van der Waals surface area contributed by atoms with Crippen LogP contribution in [0, 0.1) is 17.7 Å². The molecule has 4 rings (SSSR count). The van der Waals surface area contributed by atoms with Crippen molar-refractivity contribution in [3.63, 3.8) is 0 Å². The van der Waals surface area contributed by atoms with Gasteiger partial charge in [0, 0.05) is 36.7 Å². The number of ether oxygens (including phenoxy) is 1. The minimum absolute atomic E-state index is 0.0697. The van der Waals surface area contributed by atoms with Gasteiger partial charge in [0.05, 0.1) is 19.0 Å². The van der Waals surface area contributed by atoms with Crippen LogP contribution in [-0.4, -0.2) is 58.1 Å². The number of carbonyl (C=O) groups is 2. The number of H-pyrrole nitrogens is 1. The van der Waals surface area contributed by atoms with E-state index in [1.807, 2.05) is 0 Å². The van der Waals surface area contributed by atoms with Crippen LogP contribution >= 0.6 is 0 Å². The summed E-state index contributed by atoms with van der Waals surface area (Å²) >= 11 is 0. The Morgan fingerprint density at radius 3 is 2.65 bits per heavy atom. The van der Waals surface area contributed by atoms with Gasteiger partial charge in [0.15, 0.2) is 11.5 Å². The summed E-state index contributed by atoms with van der Waals surface area (Å²) in [6.45, 7) is 3.07. The number of amides is 2. The largest absolute Gasteiger partial charge is 0.481 e. The molecule has 3 heterocycles. The fourth-order valence-corrected chi connectivity index (χ4v) is 4.21. The number of piperidine rings is 1. The number of hydrogen-bond acceptors (Lipinski definition) is 5. The van der Waals surface area contributed by atoms with E-state index in [2.05, 4.69) is 27.4 Å². The zero-order valence-corrected chi connectivity index (χ0v) is 17.9. The fraction of sp³-hybridized carbons (Fsp3) is 0.545. The number of methoxy groups -OCH3 is 1. The number of hydrogen-bond donors (Lipinski definition) is 2. The zero-order valence-electron chi connectivity index (χ0n) is 17.9. The summed E-state index contributed by atoms with van der Waals surface area (Å²) in [6.07, 6.45) is 5.96. The predicted octanol–water partition coefficient (Wildman–Crippen LogP) is 2.78. The highest BCUT2D eigenvalue weighted by atomic mass is 19.1. The van der Waals surface area contributed by atoms with E-state index in [9.17, 15) is 14.0 Å². The second-order valence-corrected chi connectivity index (χ2v) is 8.43. The van der Waals surface area contributed by atoms with Crippen LogP contribution < -0.4 is 10.1 Å². The number of aromatic nitrogens is 3. The Balaban J connectivity index is 1.34. The van der Waals surface area contributed by atoms with Gasteiger partial charge in [-0.3, -0.25) is 14.7 Å². The van der Waals surface area contributed by atoms with Crippen molar-refractivity contribution in [2.45, 2.75) is 45.1 Å². The van der Waals surface area contributed by atoms with Crippen LogP contribution in [0.3, 0.4) is 0 Å². The summed E-state index contributed by atoms with van der Waals surface area (Å²) in [6, 6.07) is 3.20. The Labute approximate surface area is 180 Å². The summed E-state index contributed by atoms with van der Waals surface area (Å²) in [5.41, 5.74) is 0.821. The monoisotopic (exact) mass is 429 g/mol. The first-order chi connectivity index (χ1) is 15.0. The first-order valence-electron chi connectivity index (χ1n) is 10.8. The number of pyridine rings is 1. The molecule has 31 heavy (non-hydrogen) atoms. The molecular weight excluding hydrogens is 401 g/mol. The van der Waals surface area contributed by atoms with Gasteiger partial charge >= 0.3 is 0 Å². The molecule has 2 amide bonds. The summed E-state index contributed by atoms with van der Waals surface area (Å²) in [5.74, 6) is 0.128. The number of aromatic amines is 1. The van der Waals surface area contributed by atoms with E-state index in [1.165, 1.54) is 38.5 Å². The Kier molecular flexibility index (Phi) is 6.20. The van der Waals surface area contributed by atoms with Gasteiger partial charge in [-0.1, -0.05) is 6.42 Å². The molecule has 1 unspecified atom stereocenters. The second-order valence-electron chi connectivity index (χ2n) is 8.43. The molecule has 1 aliphatic carbocycles. The molecule has 0 aromatic carbocycles. The molecule has 2 aromatic heterocycles. The van der Waals surface area contributed by atoms with Crippen molar-refractivity contribution in [2.24, 2.45) is 11.8 Å². The van der Waals surface area contributed by atoms with Crippen molar-refractivity contribution in [1.29, 1.82) is 0 Å². The van der Waals surface area contributed by atoms with Crippen molar-refractivity contribution in [3.05, 3.63) is 29.8 Å². The van der Waals surface area contributed by atoms with Gasteiger partial charge in [0.2, 0.25) is 11.8 Å². The van der Waals surface area contributed by atoms with Crippen molar-refractivity contribution in [3.8, 4) is 17.1 Å². The lowest BCUT2D eigenvalue weighted by molar-refractivity contribution is -0.127. The Hall–Kier alpha value is -2.97. The topological polar surface area (TPSA) is 100 Å². The Bertz CT molecular complexity index is 950. The van der Waals surface area contributed by atoms with Crippen LogP contribution in [0.25, 0.3) is 11.3 Å². The number of nitrogens with zero attached hydrogens (tertiary/aromatic N) is 3. The molecule has 1 saturated carbocycles. The quantitative estimate of drug-likeness (QED) is 0.736. The maximum absolute atomic E-state index is 14.1. The van der Waals surface area contributed by atoms with Crippen LogP contribution in [0.4, 0.5) is 4.39 Å².